The number of nitrogens with one attached hydrogen (secondary N) is 1. The topological polar surface area (TPSA) is 57.7 Å². The van der Waals surface area contributed by atoms with E-state index in [2.05, 4.69) is 36.2 Å². The van der Waals surface area contributed by atoms with E-state index in [4.69, 9.17) is 9.72 Å². The number of nitrogens with zero attached hydrogens (tertiary/aromatic N) is 3. The second-order valence-electron chi connectivity index (χ2n) is 6.50. The zero-order valence-electron chi connectivity index (χ0n) is 14.0. The Labute approximate surface area is 145 Å². The van der Waals surface area contributed by atoms with Crippen molar-refractivity contribution < 1.29 is 9.53 Å². The third kappa shape index (κ3) is 2.82. The van der Waals surface area contributed by atoms with Crippen molar-refractivity contribution in [3.8, 4) is 0 Å². The van der Waals surface area contributed by atoms with Crippen LogP contribution in [0.1, 0.15) is 11.1 Å². The molecule has 0 unspecified atom stereocenters. The van der Waals surface area contributed by atoms with Crippen LogP contribution in [0.3, 0.4) is 0 Å². The van der Waals surface area contributed by atoms with Crippen molar-refractivity contribution in [3.05, 3.63) is 23.3 Å². The summed E-state index contributed by atoms with van der Waals surface area (Å²) < 4.78 is 6.51. The van der Waals surface area contributed by atoms with Gasteiger partial charge in [-0.3, -0.25) is 0 Å². The summed E-state index contributed by atoms with van der Waals surface area (Å²) in [5.74, 6) is 0. The third-order valence-electron chi connectivity index (χ3n) is 4.85. The molecule has 0 radical (unpaired) electrons. The van der Waals surface area contributed by atoms with Crippen LogP contribution in [0.25, 0.3) is 10.2 Å². The number of carbonyl (C=O) groups excluding carboxylic acids is 1. The molecule has 0 saturated carbocycles. The first-order chi connectivity index (χ1) is 11.6. The van der Waals surface area contributed by atoms with Crippen molar-refractivity contribution in [1.82, 2.24) is 15.2 Å². The number of aromatic nitrogens is 1. The van der Waals surface area contributed by atoms with Gasteiger partial charge < -0.3 is 19.9 Å². The molecule has 2 aliphatic rings. The van der Waals surface area contributed by atoms with Gasteiger partial charge in [0.1, 0.15) is 0 Å². The predicted molar refractivity (Wildman–Crippen MR) is 96.0 cm³/mol. The van der Waals surface area contributed by atoms with E-state index in [-0.39, 0.29) is 12.1 Å². The molecule has 3 heterocycles. The molecule has 2 fully saturated rings. The van der Waals surface area contributed by atoms with E-state index in [1.54, 1.807) is 11.3 Å². The van der Waals surface area contributed by atoms with Crippen LogP contribution in [0.4, 0.5) is 9.93 Å². The van der Waals surface area contributed by atoms with Gasteiger partial charge in [0.25, 0.3) is 0 Å². The summed E-state index contributed by atoms with van der Waals surface area (Å²) in [4.78, 5) is 21.1. The molecule has 0 spiro atoms. The standard InChI is InChI=1S/C17H22N4O2S/c1-11-3-4-14-15(12(11)2)19-17(24-14)21-9-13(10-21)18-16(22)20-5-7-23-8-6-20/h3-4,13H,5-10H2,1-2H3,(H,18,22). The predicted octanol–water partition coefficient (Wildman–Crippen LogP) is 2.14. The second-order valence-corrected chi connectivity index (χ2v) is 7.51. The number of fused-ring (bicyclic) bond motifs is 1. The van der Waals surface area contributed by atoms with E-state index in [1.165, 1.54) is 15.8 Å². The lowest BCUT2D eigenvalue weighted by Crippen LogP contribution is -2.62. The van der Waals surface area contributed by atoms with Crippen LogP contribution in [0.2, 0.25) is 0 Å². The summed E-state index contributed by atoms with van der Waals surface area (Å²) in [6.07, 6.45) is 0. The monoisotopic (exact) mass is 346 g/mol. The van der Waals surface area contributed by atoms with Crippen LogP contribution in [0, 0.1) is 13.8 Å². The maximum absolute atomic E-state index is 12.2. The Morgan fingerprint density at radius 1 is 1.29 bits per heavy atom. The van der Waals surface area contributed by atoms with E-state index in [0.29, 0.717) is 26.3 Å². The fourth-order valence-electron chi connectivity index (χ4n) is 3.11. The Hall–Kier alpha value is -1.86. The van der Waals surface area contributed by atoms with Gasteiger partial charge in [0.15, 0.2) is 5.13 Å². The highest BCUT2D eigenvalue weighted by atomic mass is 32.1. The zero-order chi connectivity index (χ0) is 16.7. The normalized spacial score (nSPS) is 18.8. The summed E-state index contributed by atoms with van der Waals surface area (Å²) >= 11 is 1.73. The lowest BCUT2D eigenvalue weighted by Gasteiger charge is -2.40. The number of hydrogen-bond donors (Lipinski definition) is 1. The lowest BCUT2D eigenvalue weighted by molar-refractivity contribution is 0.0522. The van der Waals surface area contributed by atoms with Gasteiger partial charge >= 0.3 is 6.03 Å². The zero-order valence-corrected chi connectivity index (χ0v) is 14.9. The van der Waals surface area contributed by atoms with Gasteiger partial charge in [-0.05, 0) is 31.0 Å². The van der Waals surface area contributed by atoms with E-state index >= 15 is 0 Å². The molecule has 1 N–H and O–H groups in total. The molecule has 0 aliphatic carbocycles. The highest BCUT2D eigenvalue weighted by Crippen LogP contribution is 2.33. The number of hydrogen-bond acceptors (Lipinski definition) is 5. The molecule has 2 saturated heterocycles. The van der Waals surface area contributed by atoms with Gasteiger partial charge in [-0.15, -0.1) is 0 Å². The molecule has 2 aliphatic heterocycles. The number of rotatable bonds is 2. The van der Waals surface area contributed by atoms with Gasteiger partial charge in [-0.25, -0.2) is 9.78 Å². The molecule has 2 amide bonds. The van der Waals surface area contributed by atoms with E-state index in [0.717, 1.165) is 23.7 Å². The fraction of sp³-hybridized carbons (Fsp3) is 0.529. The molecule has 24 heavy (non-hydrogen) atoms. The molecule has 1 aromatic heterocycles. The number of morpholine rings is 1. The van der Waals surface area contributed by atoms with Crippen molar-refractivity contribution in [2.24, 2.45) is 0 Å². The van der Waals surface area contributed by atoms with Crippen LogP contribution < -0.4 is 10.2 Å². The second kappa shape index (κ2) is 6.22. The average Bonchev–Trinajstić information content (AvgIpc) is 2.99. The molecule has 2 aromatic rings. The molecule has 1 aromatic carbocycles. The van der Waals surface area contributed by atoms with Crippen molar-refractivity contribution in [2.75, 3.05) is 44.3 Å². The molecule has 0 atom stereocenters. The van der Waals surface area contributed by atoms with Crippen molar-refractivity contribution in [2.45, 2.75) is 19.9 Å². The van der Waals surface area contributed by atoms with Crippen molar-refractivity contribution in [3.63, 3.8) is 0 Å². The number of urea groups is 1. The maximum atomic E-state index is 12.2. The lowest BCUT2D eigenvalue weighted by atomic mass is 10.1. The van der Waals surface area contributed by atoms with Crippen LogP contribution in [-0.4, -0.2) is 61.3 Å². The van der Waals surface area contributed by atoms with E-state index < -0.39 is 0 Å². The average molecular weight is 346 g/mol. The van der Waals surface area contributed by atoms with Gasteiger partial charge in [0.05, 0.1) is 29.5 Å². The summed E-state index contributed by atoms with van der Waals surface area (Å²) in [6.45, 7) is 8.53. The molecule has 6 nitrogen and oxygen atoms in total. The first kappa shape index (κ1) is 15.7. The third-order valence-corrected chi connectivity index (χ3v) is 5.93. The summed E-state index contributed by atoms with van der Waals surface area (Å²) in [5, 5.41) is 4.16. The van der Waals surface area contributed by atoms with Gasteiger partial charge in [0, 0.05) is 26.2 Å². The number of benzene rings is 1. The highest BCUT2D eigenvalue weighted by molar-refractivity contribution is 7.22. The Morgan fingerprint density at radius 3 is 2.79 bits per heavy atom. The minimum Gasteiger partial charge on any atom is -0.378 e. The van der Waals surface area contributed by atoms with E-state index in [1.807, 2.05) is 4.90 Å². The fourth-order valence-corrected chi connectivity index (χ4v) is 4.15. The Kier molecular flexibility index (Phi) is 4.05. The van der Waals surface area contributed by atoms with Crippen molar-refractivity contribution in [1.29, 1.82) is 0 Å². The molecule has 128 valence electrons. The number of amides is 2. The smallest absolute Gasteiger partial charge is 0.317 e. The number of carbonyl (C=O) groups is 1. The quantitative estimate of drug-likeness (QED) is 0.905. The van der Waals surface area contributed by atoms with Crippen LogP contribution in [0.5, 0.6) is 0 Å². The Bertz CT molecular complexity index is 763. The highest BCUT2D eigenvalue weighted by Gasteiger charge is 2.31. The Balaban J connectivity index is 1.37. The van der Waals surface area contributed by atoms with E-state index in [9.17, 15) is 4.79 Å². The van der Waals surface area contributed by atoms with Gasteiger partial charge in [-0.2, -0.15) is 0 Å². The number of ether oxygens (including phenoxy) is 1. The molecular weight excluding hydrogens is 324 g/mol. The minimum atomic E-state index is 0.0266. The number of anilines is 1. The minimum absolute atomic E-state index is 0.0266. The van der Waals surface area contributed by atoms with Crippen LogP contribution in [-0.2, 0) is 4.74 Å². The summed E-state index contributed by atoms with van der Waals surface area (Å²) in [5.41, 5.74) is 3.64. The first-order valence-electron chi connectivity index (χ1n) is 8.36. The van der Waals surface area contributed by atoms with Gasteiger partial charge in [0.2, 0.25) is 0 Å². The number of aryl methyl sites for hydroxylation is 2. The van der Waals surface area contributed by atoms with Crippen molar-refractivity contribution >= 4 is 32.7 Å². The van der Waals surface area contributed by atoms with Gasteiger partial charge in [-0.1, -0.05) is 17.4 Å². The van der Waals surface area contributed by atoms with Crippen LogP contribution in [0.15, 0.2) is 12.1 Å². The first-order valence-corrected chi connectivity index (χ1v) is 9.18. The molecule has 0 bridgehead atoms. The largest absolute Gasteiger partial charge is 0.378 e. The molecule has 4 rings (SSSR count). The summed E-state index contributed by atoms with van der Waals surface area (Å²) in [7, 11) is 0. The SMILES string of the molecule is Cc1ccc2sc(N3CC(NC(=O)N4CCOCC4)C3)nc2c1C. The Morgan fingerprint density at radius 2 is 2.04 bits per heavy atom. The number of thiazole rings is 1. The molecular formula is C17H22N4O2S. The van der Waals surface area contributed by atoms with Crippen LogP contribution >= 0.6 is 11.3 Å². The summed E-state index contributed by atoms with van der Waals surface area (Å²) in [6, 6.07) is 4.53. The molecule has 7 heteroatoms. The maximum Gasteiger partial charge on any atom is 0.317 e.